The predicted octanol–water partition coefficient (Wildman–Crippen LogP) is 3.37. The van der Waals surface area contributed by atoms with Gasteiger partial charge in [-0.1, -0.05) is 22.9 Å². The molecule has 0 saturated heterocycles. The van der Waals surface area contributed by atoms with Crippen molar-refractivity contribution in [3.05, 3.63) is 45.3 Å². The Morgan fingerprint density at radius 2 is 2.19 bits per heavy atom. The molecule has 0 spiro atoms. The number of hydrogen-bond acceptors (Lipinski definition) is 4. The lowest BCUT2D eigenvalue weighted by molar-refractivity contribution is 0.0731. The van der Waals surface area contributed by atoms with Gasteiger partial charge in [-0.3, -0.25) is 10.1 Å². The molecule has 10 heteroatoms. The molecule has 4 rings (SSSR count). The number of aromatic amines is 1. The van der Waals surface area contributed by atoms with Crippen LogP contribution in [0.25, 0.3) is 10.9 Å². The van der Waals surface area contributed by atoms with Crippen molar-refractivity contribution in [2.24, 2.45) is 0 Å². The zero-order valence-corrected chi connectivity index (χ0v) is 15.8. The zero-order chi connectivity index (χ0) is 19.1. The fraction of sp³-hybridized carbons (Fsp3) is 0.235. The third kappa shape index (κ3) is 3.35. The number of nitrogens with one attached hydrogen (secondary N) is 3. The molecule has 0 atom stereocenters. The van der Waals surface area contributed by atoms with Crippen LogP contribution in [0.1, 0.15) is 21.1 Å². The molecule has 0 unspecified atom stereocenters. The lowest BCUT2D eigenvalue weighted by Crippen LogP contribution is -2.35. The van der Waals surface area contributed by atoms with E-state index in [9.17, 15) is 14.0 Å². The Kier molecular flexibility index (Phi) is 4.48. The second-order valence-corrected chi connectivity index (χ2v) is 7.59. The second kappa shape index (κ2) is 6.82. The minimum atomic E-state index is -0.461. The summed E-state index contributed by atoms with van der Waals surface area (Å²) in [6.45, 7) is 0.908. The highest BCUT2D eigenvalue weighted by Gasteiger charge is 2.26. The van der Waals surface area contributed by atoms with E-state index in [0.717, 1.165) is 10.6 Å². The first-order valence-corrected chi connectivity index (χ1v) is 9.38. The van der Waals surface area contributed by atoms with Gasteiger partial charge >= 0.3 is 6.03 Å². The van der Waals surface area contributed by atoms with Crippen LogP contribution in [0.2, 0.25) is 5.02 Å². The van der Waals surface area contributed by atoms with E-state index in [1.165, 1.54) is 30.5 Å². The van der Waals surface area contributed by atoms with E-state index in [1.807, 2.05) is 0 Å². The highest BCUT2D eigenvalue weighted by molar-refractivity contribution is 7.15. The summed E-state index contributed by atoms with van der Waals surface area (Å²) in [6.07, 6.45) is 0.600. The SMILES string of the molecule is CNC(=O)Nc1nc2c(s1)CN(C(=O)c1cc3c(Cl)cc(F)cc3[nH]1)CC2. The van der Waals surface area contributed by atoms with Crippen molar-refractivity contribution < 1.29 is 14.0 Å². The molecule has 1 aromatic carbocycles. The summed E-state index contributed by atoms with van der Waals surface area (Å²) >= 11 is 7.41. The van der Waals surface area contributed by atoms with Gasteiger partial charge in [0.15, 0.2) is 5.13 Å². The normalized spacial score (nSPS) is 13.5. The Bertz CT molecular complexity index is 1060. The second-order valence-electron chi connectivity index (χ2n) is 6.10. The van der Waals surface area contributed by atoms with Gasteiger partial charge in [-0.05, 0) is 18.2 Å². The number of rotatable bonds is 2. The lowest BCUT2D eigenvalue weighted by Gasteiger charge is -2.25. The van der Waals surface area contributed by atoms with Gasteiger partial charge in [0.1, 0.15) is 11.5 Å². The summed E-state index contributed by atoms with van der Waals surface area (Å²) in [5, 5.41) is 6.49. The molecule has 3 N–H and O–H groups in total. The Labute approximate surface area is 162 Å². The van der Waals surface area contributed by atoms with Gasteiger partial charge in [-0.25, -0.2) is 14.2 Å². The fourth-order valence-electron chi connectivity index (χ4n) is 3.03. The minimum absolute atomic E-state index is 0.192. The molecule has 140 valence electrons. The molecule has 0 aliphatic carbocycles. The van der Waals surface area contributed by atoms with E-state index in [-0.39, 0.29) is 17.0 Å². The number of thiazole rings is 1. The minimum Gasteiger partial charge on any atom is -0.350 e. The largest absolute Gasteiger partial charge is 0.350 e. The fourth-order valence-corrected chi connectivity index (χ4v) is 4.31. The summed E-state index contributed by atoms with van der Waals surface area (Å²) in [7, 11) is 1.53. The summed E-state index contributed by atoms with van der Waals surface area (Å²) in [5.74, 6) is -0.653. The summed E-state index contributed by atoms with van der Waals surface area (Å²) in [5.41, 5.74) is 1.72. The van der Waals surface area contributed by atoms with Crippen LogP contribution in [0.3, 0.4) is 0 Å². The zero-order valence-electron chi connectivity index (χ0n) is 14.2. The molecule has 3 amide bonds. The topological polar surface area (TPSA) is 90.1 Å². The van der Waals surface area contributed by atoms with Crippen LogP contribution >= 0.6 is 22.9 Å². The van der Waals surface area contributed by atoms with Crippen molar-refractivity contribution in [1.82, 2.24) is 20.2 Å². The molecule has 3 aromatic rings. The summed E-state index contributed by atoms with van der Waals surface area (Å²) in [6, 6.07) is 3.83. The Hall–Kier alpha value is -2.65. The highest BCUT2D eigenvalue weighted by Crippen LogP contribution is 2.30. The number of benzene rings is 1. The molecule has 1 aliphatic heterocycles. The average Bonchev–Trinajstić information content (AvgIpc) is 3.23. The van der Waals surface area contributed by atoms with Gasteiger partial charge in [-0.15, -0.1) is 0 Å². The third-order valence-corrected chi connectivity index (χ3v) is 5.66. The number of carbonyl (C=O) groups excluding carboxylic acids is 2. The number of hydrogen-bond donors (Lipinski definition) is 3. The standard InChI is InChI=1S/C17H15ClFN5O2S/c1-20-16(26)23-17-22-11-2-3-24(7-14(11)27-17)15(25)13-6-9-10(18)4-8(19)5-12(9)21-13/h4-6,21H,2-3,7H2,1H3,(H2,20,22,23,26). The average molecular weight is 408 g/mol. The Balaban J connectivity index is 1.56. The maximum absolute atomic E-state index is 13.5. The molecule has 3 heterocycles. The van der Waals surface area contributed by atoms with Crippen molar-refractivity contribution in [3.63, 3.8) is 0 Å². The summed E-state index contributed by atoms with van der Waals surface area (Å²) in [4.78, 5) is 34.3. The van der Waals surface area contributed by atoms with E-state index in [4.69, 9.17) is 11.6 Å². The van der Waals surface area contributed by atoms with Crippen LogP contribution in [-0.4, -0.2) is 40.4 Å². The number of anilines is 1. The van der Waals surface area contributed by atoms with Crippen LogP contribution in [0.15, 0.2) is 18.2 Å². The van der Waals surface area contributed by atoms with Gasteiger partial charge in [0, 0.05) is 30.3 Å². The molecule has 7 nitrogen and oxygen atoms in total. The van der Waals surface area contributed by atoms with E-state index in [1.54, 1.807) is 11.0 Å². The molecule has 27 heavy (non-hydrogen) atoms. The number of urea groups is 1. The van der Waals surface area contributed by atoms with Gasteiger partial charge in [-0.2, -0.15) is 0 Å². The van der Waals surface area contributed by atoms with Crippen LogP contribution in [0, 0.1) is 5.82 Å². The van der Waals surface area contributed by atoms with Gasteiger partial charge in [0.25, 0.3) is 5.91 Å². The first-order valence-electron chi connectivity index (χ1n) is 8.19. The number of carbonyl (C=O) groups is 2. The van der Waals surface area contributed by atoms with Crippen molar-refractivity contribution in [2.75, 3.05) is 18.9 Å². The summed E-state index contributed by atoms with van der Waals surface area (Å²) < 4.78 is 13.5. The first kappa shape index (κ1) is 17.7. The monoisotopic (exact) mass is 407 g/mol. The number of fused-ring (bicyclic) bond motifs is 2. The maximum Gasteiger partial charge on any atom is 0.320 e. The van der Waals surface area contributed by atoms with Crippen LogP contribution in [-0.2, 0) is 13.0 Å². The van der Waals surface area contributed by atoms with E-state index < -0.39 is 5.82 Å². The predicted molar refractivity (Wildman–Crippen MR) is 102 cm³/mol. The number of H-pyrrole nitrogens is 1. The number of aromatic nitrogens is 2. The molecule has 0 bridgehead atoms. The third-order valence-electron chi connectivity index (χ3n) is 4.35. The van der Waals surface area contributed by atoms with Gasteiger partial charge in [0.2, 0.25) is 0 Å². The van der Waals surface area contributed by atoms with Crippen molar-refractivity contribution in [1.29, 1.82) is 0 Å². The first-order chi connectivity index (χ1) is 12.9. The Morgan fingerprint density at radius 3 is 2.96 bits per heavy atom. The molecular weight excluding hydrogens is 393 g/mol. The smallest absolute Gasteiger partial charge is 0.320 e. The quantitative estimate of drug-likeness (QED) is 0.608. The van der Waals surface area contributed by atoms with Crippen molar-refractivity contribution in [3.8, 4) is 0 Å². The molecular formula is C17H15ClFN5O2S. The van der Waals surface area contributed by atoms with Gasteiger partial charge in [0.05, 0.1) is 22.8 Å². The number of halogens is 2. The van der Waals surface area contributed by atoms with Crippen LogP contribution in [0.4, 0.5) is 14.3 Å². The molecule has 0 fully saturated rings. The number of amides is 3. The van der Waals surface area contributed by atoms with Crippen molar-refractivity contribution in [2.45, 2.75) is 13.0 Å². The molecule has 0 saturated carbocycles. The van der Waals surface area contributed by atoms with Crippen LogP contribution in [0.5, 0.6) is 0 Å². The van der Waals surface area contributed by atoms with Crippen LogP contribution < -0.4 is 10.6 Å². The molecule has 2 aromatic heterocycles. The van der Waals surface area contributed by atoms with Gasteiger partial charge < -0.3 is 15.2 Å². The lowest BCUT2D eigenvalue weighted by atomic mass is 10.1. The maximum atomic E-state index is 13.5. The van der Waals surface area contributed by atoms with E-state index in [0.29, 0.717) is 41.2 Å². The number of nitrogens with zero attached hydrogens (tertiary/aromatic N) is 2. The van der Waals surface area contributed by atoms with E-state index in [2.05, 4.69) is 20.6 Å². The highest BCUT2D eigenvalue weighted by atomic mass is 35.5. The van der Waals surface area contributed by atoms with Crippen molar-refractivity contribution >= 4 is 50.9 Å². The molecule has 0 radical (unpaired) electrons. The van der Waals surface area contributed by atoms with E-state index >= 15 is 0 Å². The Morgan fingerprint density at radius 1 is 1.37 bits per heavy atom. The molecule has 1 aliphatic rings.